The van der Waals surface area contributed by atoms with Gasteiger partial charge >= 0.3 is 0 Å². The Morgan fingerprint density at radius 1 is 1.33 bits per heavy atom. The Hall–Kier alpha value is -0.183. The van der Waals surface area contributed by atoms with Crippen LogP contribution in [0.3, 0.4) is 0 Å². The van der Waals surface area contributed by atoms with E-state index in [4.69, 9.17) is 11.6 Å². The summed E-state index contributed by atoms with van der Waals surface area (Å²) in [6.07, 6.45) is 3.07. The summed E-state index contributed by atoms with van der Waals surface area (Å²) >= 11 is 10.3. The quantitative estimate of drug-likeness (QED) is 0.475. The van der Waals surface area contributed by atoms with E-state index in [0.717, 1.165) is 6.42 Å². The predicted octanol–water partition coefficient (Wildman–Crippen LogP) is 3.58. The first kappa shape index (κ1) is 12.9. The summed E-state index contributed by atoms with van der Waals surface area (Å²) in [5.41, 5.74) is 0. The molecular formula is C12H17ClSSi. The average molecular weight is 257 g/mol. The van der Waals surface area contributed by atoms with Crippen LogP contribution in [0.15, 0.2) is 40.9 Å². The second kappa shape index (κ2) is 5.78. The van der Waals surface area contributed by atoms with Crippen molar-refractivity contribution in [1.29, 1.82) is 0 Å². The summed E-state index contributed by atoms with van der Waals surface area (Å²) in [5, 5.41) is 1.42. The summed E-state index contributed by atoms with van der Waals surface area (Å²) in [4.78, 5) is 0. The van der Waals surface area contributed by atoms with E-state index in [2.05, 4.69) is 62.1 Å². The number of allylic oxidation sites excluding steroid dienone is 1. The third kappa shape index (κ3) is 3.40. The zero-order chi connectivity index (χ0) is 11.3. The molecule has 0 radical (unpaired) electrons. The molecule has 0 atom stereocenters. The molecule has 1 aromatic rings. The van der Waals surface area contributed by atoms with E-state index < -0.39 is 8.07 Å². The van der Waals surface area contributed by atoms with Gasteiger partial charge in [0.05, 0.1) is 0 Å². The van der Waals surface area contributed by atoms with Gasteiger partial charge in [0.2, 0.25) is 0 Å². The molecule has 0 aliphatic rings. The second-order valence-electron chi connectivity index (χ2n) is 4.06. The normalized spacial score (nSPS) is 12.9. The zero-order valence-corrected chi connectivity index (χ0v) is 11.9. The van der Waals surface area contributed by atoms with Crippen LogP contribution in [0.4, 0.5) is 0 Å². The molecule has 0 aliphatic carbocycles. The van der Waals surface area contributed by atoms with Crippen LogP contribution in [0.5, 0.6) is 0 Å². The van der Waals surface area contributed by atoms with Crippen molar-refractivity contribution >= 4 is 37.5 Å². The molecule has 0 aliphatic heterocycles. The second-order valence-corrected chi connectivity index (χ2v) is 9.70. The van der Waals surface area contributed by atoms with E-state index in [0.29, 0.717) is 5.88 Å². The third-order valence-electron chi connectivity index (χ3n) is 2.58. The number of hydrogen-bond acceptors (Lipinski definition) is 1. The minimum absolute atomic E-state index is 0.670. The van der Waals surface area contributed by atoms with Crippen LogP contribution in [-0.2, 0) is 0 Å². The van der Waals surface area contributed by atoms with E-state index >= 15 is 0 Å². The molecular weight excluding hydrogens is 240 g/mol. The fraction of sp³-hybridized carbons (Fsp3) is 0.333. The van der Waals surface area contributed by atoms with Crippen molar-refractivity contribution < 1.29 is 0 Å². The maximum absolute atomic E-state index is 5.68. The highest BCUT2D eigenvalue weighted by molar-refractivity contribution is 7.87. The molecule has 0 N–H and O–H groups in total. The molecule has 0 spiro atoms. The van der Waals surface area contributed by atoms with Crippen molar-refractivity contribution in [2.45, 2.75) is 19.5 Å². The van der Waals surface area contributed by atoms with Gasteiger partial charge < -0.3 is 0 Å². The van der Waals surface area contributed by atoms with Crippen molar-refractivity contribution in [2.24, 2.45) is 0 Å². The van der Waals surface area contributed by atoms with E-state index in [9.17, 15) is 0 Å². The van der Waals surface area contributed by atoms with Crippen LogP contribution in [-0.4, -0.2) is 14.0 Å². The molecule has 3 heteroatoms. The SMILES string of the molecule is C[Si](C)(/C(S)=C/CCCl)c1ccccc1. The molecule has 0 bridgehead atoms. The molecule has 0 saturated carbocycles. The lowest BCUT2D eigenvalue weighted by Crippen LogP contribution is -2.42. The number of rotatable bonds is 4. The fourth-order valence-corrected chi connectivity index (χ4v) is 4.05. The van der Waals surface area contributed by atoms with Crippen molar-refractivity contribution in [2.75, 3.05) is 5.88 Å². The largest absolute Gasteiger partial charge is 0.152 e. The monoisotopic (exact) mass is 256 g/mol. The Morgan fingerprint density at radius 2 is 1.93 bits per heavy atom. The van der Waals surface area contributed by atoms with Crippen LogP contribution >= 0.6 is 24.2 Å². The molecule has 82 valence electrons. The minimum atomic E-state index is -1.55. The Labute approximate surface area is 104 Å². The first-order chi connectivity index (χ1) is 7.09. The van der Waals surface area contributed by atoms with Gasteiger partial charge in [-0.15, -0.1) is 11.6 Å². The smallest absolute Gasteiger partial charge is 0.119 e. The van der Waals surface area contributed by atoms with Crippen LogP contribution < -0.4 is 5.19 Å². The number of halogens is 1. The lowest BCUT2D eigenvalue weighted by Gasteiger charge is -2.23. The first-order valence-corrected chi connectivity index (χ1v) is 9.08. The summed E-state index contributed by atoms with van der Waals surface area (Å²) in [6.45, 7) is 4.63. The van der Waals surface area contributed by atoms with Crippen molar-refractivity contribution in [3.63, 3.8) is 0 Å². The van der Waals surface area contributed by atoms with Gasteiger partial charge in [0.15, 0.2) is 0 Å². The van der Waals surface area contributed by atoms with Crippen LogP contribution in [0.2, 0.25) is 13.1 Å². The lowest BCUT2D eigenvalue weighted by atomic mass is 10.4. The summed E-state index contributed by atoms with van der Waals surface area (Å²) in [5.74, 6) is 0.670. The lowest BCUT2D eigenvalue weighted by molar-refractivity contribution is 1.23. The topological polar surface area (TPSA) is 0 Å². The third-order valence-corrected chi connectivity index (χ3v) is 7.92. The van der Waals surface area contributed by atoms with Crippen molar-refractivity contribution in [3.05, 3.63) is 40.9 Å². The van der Waals surface area contributed by atoms with Crippen LogP contribution in [0.25, 0.3) is 0 Å². The number of alkyl halides is 1. The number of thiol groups is 1. The molecule has 0 unspecified atom stereocenters. The molecule has 1 aromatic carbocycles. The maximum Gasteiger partial charge on any atom is 0.119 e. The van der Waals surface area contributed by atoms with Gasteiger partial charge in [0, 0.05) is 5.88 Å². The van der Waals surface area contributed by atoms with Gasteiger partial charge in [-0.05, 0) is 10.9 Å². The van der Waals surface area contributed by atoms with E-state index in [1.807, 2.05) is 0 Å². The minimum Gasteiger partial charge on any atom is -0.152 e. The van der Waals surface area contributed by atoms with Gasteiger partial charge in [-0.25, -0.2) is 0 Å². The maximum atomic E-state index is 5.68. The first-order valence-electron chi connectivity index (χ1n) is 5.10. The molecule has 0 aromatic heterocycles. The number of benzene rings is 1. The highest BCUT2D eigenvalue weighted by atomic mass is 35.5. The van der Waals surface area contributed by atoms with Crippen molar-refractivity contribution in [3.8, 4) is 0 Å². The van der Waals surface area contributed by atoms with Crippen LogP contribution in [0.1, 0.15) is 6.42 Å². The predicted molar refractivity (Wildman–Crippen MR) is 76.0 cm³/mol. The summed E-state index contributed by atoms with van der Waals surface area (Å²) < 4.78 is 1.22. The fourth-order valence-electron chi connectivity index (χ4n) is 1.45. The van der Waals surface area contributed by atoms with Gasteiger partial charge in [0.1, 0.15) is 8.07 Å². The van der Waals surface area contributed by atoms with Crippen molar-refractivity contribution in [1.82, 2.24) is 0 Å². The molecule has 1 rings (SSSR count). The Kier molecular flexibility index (Phi) is 4.96. The standard InChI is InChI=1S/C12H17ClSSi/c1-15(2,12(14)9-6-10-13)11-7-4-3-5-8-11/h3-5,7-9,14H,6,10H2,1-2H3/b12-9+. The van der Waals surface area contributed by atoms with Crippen LogP contribution in [0, 0.1) is 0 Å². The van der Waals surface area contributed by atoms with E-state index in [1.54, 1.807) is 0 Å². The van der Waals surface area contributed by atoms with Gasteiger partial charge in [0.25, 0.3) is 0 Å². The Balaban J connectivity index is 2.92. The molecule has 0 heterocycles. The van der Waals surface area contributed by atoms with Gasteiger partial charge in [-0.3, -0.25) is 0 Å². The molecule has 0 fully saturated rings. The highest BCUT2D eigenvalue weighted by Crippen LogP contribution is 2.19. The van der Waals surface area contributed by atoms with E-state index in [1.165, 1.54) is 9.72 Å². The Bertz CT molecular complexity index is 333. The number of hydrogen-bond donors (Lipinski definition) is 1. The van der Waals surface area contributed by atoms with Gasteiger partial charge in [-0.2, -0.15) is 12.6 Å². The molecule has 0 saturated heterocycles. The summed E-state index contributed by atoms with van der Waals surface area (Å²) in [6, 6.07) is 10.6. The molecule has 0 amide bonds. The zero-order valence-electron chi connectivity index (χ0n) is 9.20. The molecule has 15 heavy (non-hydrogen) atoms. The van der Waals surface area contributed by atoms with E-state index in [-0.39, 0.29) is 0 Å². The van der Waals surface area contributed by atoms with Gasteiger partial charge in [-0.1, -0.05) is 54.7 Å². The summed E-state index contributed by atoms with van der Waals surface area (Å²) in [7, 11) is -1.55. The average Bonchev–Trinajstić information content (AvgIpc) is 2.27. The highest BCUT2D eigenvalue weighted by Gasteiger charge is 2.25. The molecule has 0 nitrogen and oxygen atoms in total. The Morgan fingerprint density at radius 3 is 2.47 bits per heavy atom.